The van der Waals surface area contributed by atoms with E-state index < -0.39 is 5.82 Å². The molecule has 2 aromatic heterocycles. The predicted octanol–water partition coefficient (Wildman–Crippen LogP) is 4.61. The summed E-state index contributed by atoms with van der Waals surface area (Å²) >= 11 is 14.5. The molecule has 0 N–H and O–H groups in total. The minimum atomic E-state index is -0.630. The molecule has 1 amide bonds. The Balaban J connectivity index is 2.30. The molecule has 2 rings (SSSR count). The van der Waals surface area contributed by atoms with Crippen molar-refractivity contribution < 1.29 is 9.18 Å². The number of hydrogen-bond donors (Lipinski definition) is 0. The van der Waals surface area contributed by atoms with Crippen LogP contribution in [0.3, 0.4) is 0 Å². The van der Waals surface area contributed by atoms with Gasteiger partial charge in [-0.15, -0.1) is 0 Å². The highest BCUT2D eigenvalue weighted by Gasteiger charge is 2.23. The molecule has 0 aliphatic carbocycles. The largest absolute Gasteiger partial charge is 0.304 e. The number of amides is 1. The van der Waals surface area contributed by atoms with Crippen LogP contribution in [0.1, 0.15) is 6.92 Å². The summed E-state index contributed by atoms with van der Waals surface area (Å²) in [4.78, 5) is 21.8. The molecule has 0 spiro atoms. The first-order valence-electron chi connectivity index (χ1n) is 6.59. The molecule has 23 heavy (non-hydrogen) atoms. The third-order valence-electron chi connectivity index (χ3n) is 3.09. The van der Waals surface area contributed by atoms with Crippen LogP contribution in [0.5, 0.6) is 0 Å². The first kappa shape index (κ1) is 18.4. The molecule has 2 aromatic rings. The third kappa shape index (κ3) is 4.15. The highest BCUT2D eigenvalue weighted by atomic mass is 35.5. The molecule has 0 saturated carbocycles. The summed E-state index contributed by atoms with van der Waals surface area (Å²) in [5.41, 5.74) is 0.461. The van der Waals surface area contributed by atoms with Crippen molar-refractivity contribution in [3.63, 3.8) is 0 Å². The molecular formula is C14H14Cl2FN3OS2. The number of carbonyl (C=O) groups excluding carboxylic acids is 1. The summed E-state index contributed by atoms with van der Waals surface area (Å²) in [5, 5.41) is 1.00. The van der Waals surface area contributed by atoms with Gasteiger partial charge >= 0.3 is 0 Å². The van der Waals surface area contributed by atoms with Crippen molar-refractivity contribution in [2.75, 3.05) is 24.0 Å². The van der Waals surface area contributed by atoms with E-state index in [4.69, 9.17) is 23.2 Å². The number of thioether (sulfide) groups is 1. The Morgan fingerprint density at radius 1 is 1.48 bits per heavy atom. The topological polar surface area (TPSA) is 46.1 Å². The van der Waals surface area contributed by atoms with E-state index in [1.165, 1.54) is 28.5 Å². The number of anilines is 1. The molecular weight excluding hydrogens is 380 g/mol. The van der Waals surface area contributed by atoms with Gasteiger partial charge < -0.3 is 4.90 Å². The Kier molecular flexibility index (Phi) is 6.25. The number of thiazole rings is 1. The smallest absolute Gasteiger partial charge is 0.231 e. The average molecular weight is 394 g/mol. The highest BCUT2D eigenvalue weighted by Crippen LogP contribution is 2.38. The molecule has 0 aliphatic heterocycles. The molecule has 0 bridgehead atoms. The van der Waals surface area contributed by atoms with Crippen molar-refractivity contribution >= 4 is 57.2 Å². The summed E-state index contributed by atoms with van der Waals surface area (Å²) in [6, 6.07) is 1.24. The van der Waals surface area contributed by atoms with Gasteiger partial charge in [-0.05, 0) is 12.3 Å². The Hall–Kier alpha value is -0.890. The normalized spacial score (nSPS) is 12.3. The molecule has 1 atom stereocenters. The van der Waals surface area contributed by atoms with Gasteiger partial charge in [0.25, 0.3) is 0 Å². The van der Waals surface area contributed by atoms with Crippen molar-refractivity contribution in [3.8, 4) is 10.6 Å². The van der Waals surface area contributed by atoms with Crippen molar-refractivity contribution in [3.05, 3.63) is 28.4 Å². The van der Waals surface area contributed by atoms with E-state index >= 15 is 0 Å². The van der Waals surface area contributed by atoms with Crippen LogP contribution in [-0.4, -0.2) is 34.9 Å². The zero-order valence-corrected chi connectivity index (χ0v) is 15.8. The minimum Gasteiger partial charge on any atom is -0.304 e. The predicted molar refractivity (Wildman–Crippen MR) is 96.3 cm³/mol. The number of hydrogen-bond acceptors (Lipinski definition) is 5. The van der Waals surface area contributed by atoms with Crippen molar-refractivity contribution in [1.29, 1.82) is 0 Å². The zero-order valence-electron chi connectivity index (χ0n) is 12.6. The second-order valence-electron chi connectivity index (χ2n) is 4.87. The molecule has 4 nitrogen and oxygen atoms in total. The fourth-order valence-corrected chi connectivity index (χ4v) is 3.94. The van der Waals surface area contributed by atoms with E-state index in [1.807, 2.05) is 13.2 Å². The Morgan fingerprint density at radius 2 is 2.17 bits per heavy atom. The van der Waals surface area contributed by atoms with Crippen molar-refractivity contribution in [1.82, 2.24) is 9.97 Å². The number of pyridine rings is 1. The molecule has 0 radical (unpaired) electrons. The van der Waals surface area contributed by atoms with Gasteiger partial charge in [-0.1, -0.05) is 41.5 Å². The standard InChI is InChI=1S/C14H14Cl2FN3OS2/c1-7(6-22-3)13(21)20(2)14-11(16)19-12(23-14)8-4-9(17)10(15)18-5-8/h4-5,7H,6H2,1-3H3. The molecule has 1 unspecified atom stereocenters. The molecule has 0 aliphatic rings. The summed E-state index contributed by atoms with van der Waals surface area (Å²) in [7, 11) is 1.66. The Bertz CT molecular complexity index is 726. The fraction of sp³-hybridized carbons (Fsp3) is 0.357. The number of carbonyl (C=O) groups is 1. The fourth-order valence-electron chi connectivity index (χ4n) is 1.91. The monoisotopic (exact) mass is 393 g/mol. The van der Waals surface area contributed by atoms with E-state index in [2.05, 4.69) is 9.97 Å². The number of halogens is 3. The second-order valence-corrected chi connectivity index (χ2v) is 7.47. The number of rotatable bonds is 5. The maximum absolute atomic E-state index is 13.5. The van der Waals surface area contributed by atoms with Crippen LogP contribution in [0.15, 0.2) is 12.3 Å². The molecule has 9 heteroatoms. The molecule has 0 aromatic carbocycles. The highest BCUT2D eigenvalue weighted by molar-refractivity contribution is 7.98. The third-order valence-corrected chi connectivity index (χ3v) is 5.75. The first-order chi connectivity index (χ1) is 10.8. The maximum Gasteiger partial charge on any atom is 0.231 e. The average Bonchev–Trinajstić information content (AvgIpc) is 2.90. The van der Waals surface area contributed by atoms with Crippen LogP contribution < -0.4 is 4.90 Å². The lowest BCUT2D eigenvalue weighted by atomic mass is 10.2. The van der Waals surface area contributed by atoms with E-state index in [9.17, 15) is 9.18 Å². The van der Waals surface area contributed by atoms with Crippen molar-refractivity contribution in [2.45, 2.75) is 6.92 Å². The van der Waals surface area contributed by atoms with Crippen LogP contribution >= 0.6 is 46.3 Å². The van der Waals surface area contributed by atoms with Gasteiger partial charge in [0.2, 0.25) is 5.91 Å². The van der Waals surface area contributed by atoms with Gasteiger partial charge in [0.15, 0.2) is 16.1 Å². The van der Waals surface area contributed by atoms with Crippen LogP contribution in [0.25, 0.3) is 10.6 Å². The minimum absolute atomic E-state index is 0.0446. The van der Waals surface area contributed by atoms with E-state index in [0.717, 1.165) is 5.75 Å². The maximum atomic E-state index is 13.5. The van der Waals surface area contributed by atoms with Crippen molar-refractivity contribution in [2.24, 2.45) is 5.92 Å². The Labute approximate surface area is 152 Å². The van der Waals surface area contributed by atoms with Gasteiger partial charge in [-0.2, -0.15) is 11.8 Å². The molecule has 2 heterocycles. The molecule has 0 saturated heterocycles. The summed E-state index contributed by atoms with van der Waals surface area (Å²) < 4.78 is 13.5. The Morgan fingerprint density at radius 3 is 2.78 bits per heavy atom. The van der Waals surface area contributed by atoms with Gasteiger partial charge in [0.1, 0.15) is 10.0 Å². The first-order valence-corrected chi connectivity index (χ1v) is 9.56. The van der Waals surface area contributed by atoms with Crippen LogP contribution in [0.4, 0.5) is 9.39 Å². The molecule has 124 valence electrons. The van der Waals surface area contributed by atoms with E-state index in [0.29, 0.717) is 15.6 Å². The lowest BCUT2D eigenvalue weighted by Gasteiger charge is -2.19. The van der Waals surface area contributed by atoms with E-state index in [-0.39, 0.29) is 22.1 Å². The van der Waals surface area contributed by atoms with Crippen LogP contribution in [0.2, 0.25) is 10.3 Å². The van der Waals surface area contributed by atoms with Crippen LogP contribution in [0, 0.1) is 11.7 Å². The molecule has 0 fully saturated rings. The quantitative estimate of drug-likeness (QED) is 0.695. The number of aromatic nitrogens is 2. The van der Waals surface area contributed by atoms with Gasteiger partial charge in [0, 0.05) is 30.5 Å². The lowest BCUT2D eigenvalue weighted by Crippen LogP contribution is -2.32. The van der Waals surface area contributed by atoms with E-state index in [1.54, 1.807) is 18.8 Å². The van der Waals surface area contributed by atoms with Gasteiger partial charge in [-0.25, -0.2) is 14.4 Å². The zero-order chi connectivity index (χ0) is 17.1. The second kappa shape index (κ2) is 7.79. The lowest BCUT2D eigenvalue weighted by molar-refractivity contribution is -0.120. The number of nitrogens with zero attached hydrogens (tertiary/aromatic N) is 3. The van der Waals surface area contributed by atoms with Crippen LogP contribution in [-0.2, 0) is 4.79 Å². The summed E-state index contributed by atoms with van der Waals surface area (Å²) in [5.74, 6) is -0.0862. The summed E-state index contributed by atoms with van der Waals surface area (Å²) in [6.07, 6.45) is 3.37. The van der Waals surface area contributed by atoms with Gasteiger partial charge in [-0.3, -0.25) is 4.79 Å². The van der Waals surface area contributed by atoms with Gasteiger partial charge in [0.05, 0.1) is 0 Å². The SMILES string of the molecule is CSCC(C)C(=O)N(C)c1sc(-c2cnc(Cl)c(F)c2)nc1Cl. The summed E-state index contributed by atoms with van der Waals surface area (Å²) in [6.45, 7) is 1.86.